The fourth-order valence-corrected chi connectivity index (χ4v) is 2.55. The van der Waals surface area contributed by atoms with Crippen LogP contribution in [0.4, 0.5) is 5.69 Å². The topological polar surface area (TPSA) is 82.0 Å². The minimum absolute atomic E-state index is 0.336. The van der Waals surface area contributed by atoms with Gasteiger partial charge >= 0.3 is 0 Å². The fourth-order valence-electron chi connectivity index (χ4n) is 2.55. The summed E-state index contributed by atoms with van der Waals surface area (Å²) >= 11 is 0. The SMILES string of the molecule is COc1ccc(NC(N)=NCCc2cc3ccccc3o2)cc1OC. The average molecular weight is 339 g/mol. The minimum atomic E-state index is 0.336. The zero-order valence-corrected chi connectivity index (χ0v) is 14.3. The third-order valence-electron chi connectivity index (χ3n) is 3.77. The molecule has 6 heteroatoms. The molecule has 2 aromatic carbocycles. The number of nitrogens with two attached hydrogens (primary N) is 1. The zero-order chi connectivity index (χ0) is 17.6. The second-order valence-corrected chi connectivity index (χ2v) is 5.46. The Bertz CT molecular complexity index is 854. The van der Waals surface area contributed by atoms with E-state index < -0.39 is 0 Å². The molecule has 0 aliphatic carbocycles. The van der Waals surface area contributed by atoms with E-state index in [1.54, 1.807) is 20.3 Å². The van der Waals surface area contributed by atoms with Crippen LogP contribution in [0.3, 0.4) is 0 Å². The Hall–Kier alpha value is -3.15. The first kappa shape index (κ1) is 16.7. The summed E-state index contributed by atoms with van der Waals surface area (Å²) in [7, 11) is 3.19. The van der Waals surface area contributed by atoms with Crippen molar-refractivity contribution in [1.29, 1.82) is 0 Å². The Balaban J connectivity index is 1.60. The number of hydrogen-bond acceptors (Lipinski definition) is 4. The lowest BCUT2D eigenvalue weighted by atomic mass is 10.2. The number of guanidine groups is 1. The lowest BCUT2D eigenvalue weighted by Crippen LogP contribution is -2.23. The van der Waals surface area contributed by atoms with Gasteiger partial charge in [-0.1, -0.05) is 18.2 Å². The summed E-state index contributed by atoms with van der Waals surface area (Å²) in [6, 6.07) is 15.4. The van der Waals surface area contributed by atoms with E-state index in [9.17, 15) is 0 Å². The summed E-state index contributed by atoms with van der Waals surface area (Å²) < 4.78 is 16.2. The molecule has 0 bridgehead atoms. The van der Waals surface area contributed by atoms with Crippen molar-refractivity contribution >= 4 is 22.6 Å². The van der Waals surface area contributed by atoms with E-state index in [1.165, 1.54) is 0 Å². The fraction of sp³-hybridized carbons (Fsp3) is 0.211. The van der Waals surface area contributed by atoms with E-state index in [0.29, 0.717) is 30.4 Å². The van der Waals surface area contributed by atoms with Crippen LogP contribution in [0.5, 0.6) is 11.5 Å². The zero-order valence-electron chi connectivity index (χ0n) is 14.3. The van der Waals surface area contributed by atoms with Crippen molar-refractivity contribution in [3.63, 3.8) is 0 Å². The Morgan fingerprint density at radius 1 is 1.08 bits per heavy atom. The molecule has 0 atom stereocenters. The smallest absolute Gasteiger partial charge is 0.193 e. The van der Waals surface area contributed by atoms with Crippen molar-refractivity contribution in [3.8, 4) is 11.5 Å². The van der Waals surface area contributed by atoms with Crippen molar-refractivity contribution in [2.75, 3.05) is 26.1 Å². The highest BCUT2D eigenvalue weighted by Gasteiger charge is 2.05. The molecule has 25 heavy (non-hydrogen) atoms. The maximum atomic E-state index is 5.94. The van der Waals surface area contributed by atoms with Crippen molar-refractivity contribution in [3.05, 3.63) is 54.3 Å². The third kappa shape index (κ3) is 4.03. The summed E-state index contributed by atoms with van der Waals surface area (Å²) in [4.78, 5) is 4.33. The monoisotopic (exact) mass is 339 g/mol. The van der Waals surface area contributed by atoms with Gasteiger partial charge in [0.25, 0.3) is 0 Å². The quantitative estimate of drug-likeness (QED) is 0.531. The van der Waals surface area contributed by atoms with Crippen LogP contribution in [0.1, 0.15) is 5.76 Å². The summed E-state index contributed by atoms with van der Waals surface area (Å²) in [5, 5.41) is 4.14. The van der Waals surface area contributed by atoms with Gasteiger partial charge < -0.3 is 24.9 Å². The van der Waals surface area contributed by atoms with Crippen molar-refractivity contribution < 1.29 is 13.9 Å². The van der Waals surface area contributed by atoms with Crippen LogP contribution in [0.2, 0.25) is 0 Å². The molecule has 0 saturated heterocycles. The maximum absolute atomic E-state index is 5.94. The number of benzene rings is 2. The number of ether oxygens (including phenoxy) is 2. The van der Waals surface area contributed by atoms with Crippen molar-refractivity contribution in [2.24, 2.45) is 10.7 Å². The molecule has 0 amide bonds. The minimum Gasteiger partial charge on any atom is -0.493 e. The van der Waals surface area contributed by atoms with E-state index in [-0.39, 0.29) is 0 Å². The number of fused-ring (bicyclic) bond motifs is 1. The number of furan rings is 1. The number of methoxy groups -OCH3 is 2. The van der Waals surface area contributed by atoms with Gasteiger partial charge in [0.05, 0.1) is 14.2 Å². The summed E-state index contributed by atoms with van der Waals surface area (Å²) in [5.41, 5.74) is 7.61. The van der Waals surface area contributed by atoms with Crippen LogP contribution >= 0.6 is 0 Å². The van der Waals surface area contributed by atoms with E-state index >= 15 is 0 Å². The molecule has 0 spiro atoms. The molecule has 0 fully saturated rings. The van der Waals surface area contributed by atoms with Crippen LogP contribution < -0.4 is 20.5 Å². The highest BCUT2D eigenvalue weighted by molar-refractivity contribution is 5.92. The van der Waals surface area contributed by atoms with E-state index in [4.69, 9.17) is 19.6 Å². The van der Waals surface area contributed by atoms with Gasteiger partial charge in [-0.3, -0.25) is 4.99 Å². The Labute approximate surface area is 146 Å². The van der Waals surface area contributed by atoms with Gasteiger partial charge in [-0.05, 0) is 24.3 Å². The molecule has 0 radical (unpaired) electrons. The van der Waals surface area contributed by atoms with Crippen LogP contribution in [-0.2, 0) is 6.42 Å². The average Bonchev–Trinajstić information content (AvgIpc) is 3.04. The lowest BCUT2D eigenvalue weighted by molar-refractivity contribution is 0.355. The molecule has 6 nitrogen and oxygen atoms in total. The summed E-state index contributed by atoms with van der Waals surface area (Å²) in [6.45, 7) is 0.534. The van der Waals surface area contributed by atoms with Crippen molar-refractivity contribution in [1.82, 2.24) is 0 Å². The normalized spacial score (nSPS) is 11.5. The maximum Gasteiger partial charge on any atom is 0.193 e. The summed E-state index contributed by atoms with van der Waals surface area (Å²) in [5.74, 6) is 2.52. The van der Waals surface area contributed by atoms with Gasteiger partial charge in [-0.25, -0.2) is 0 Å². The van der Waals surface area contributed by atoms with Gasteiger partial charge in [-0.15, -0.1) is 0 Å². The van der Waals surface area contributed by atoms with Crippen LogP contribution in [0.25, 0.3) is 11.0 Å². The standard InChI is InChI=1S/C19H21N3O3/c1-23-17-8-7-14(12-18(17)24-2)22-19(20)21-10-9-15-11-13-5-3-4-6-16(13)25-15/h3-8,11-12H,9-10H2,1-2H3,(H3,20,21,22). The number of aliphatic imine (C=N–C) groups is 1. The number of nitrogens with one attached hydrogen (secondary N) is 1. The molecule has 3 aromatic rings. The van der Waals surface area contributed by atoms with E-state index in [1.807, 2.05) is 42.5 Å². The van der Waals surface area contributed by atoms with E-state index in [2.05, 4.69) is 10.3 Å². The molecular weight excluding hydrogens is 318 g/mol. The number of hydrogen-bond donors (Lipinski definition) is 2. The van der Waals surface area contributed by atoms with Crippen LogP contribution in [-0.4, -0.2) is 26.7 Å². The Kier molecular flexibility index (Phi) is 5.09. The van der Waals surface area contributed by atoms with Gasteiger partial charge in [0.1, 0.15) is 11.3 Å². The molecule has 0 unspecified atom stereocenters. The van der Waals surface area contributed by atoms with Gasteiger partial charge in [-0.2, -0.15) is 0 Å². The number of para-hydroxylation sites is 1. The number of anilines is 1. The van der Waals surface area contributed by atoms with Crippen LogP contribution in [0.15, 0.2) is 57.9 Å². The van der Waals surface area contributed by atoms with Gasteiger partial charge in [0.2, 0.25) is 0 Å². The Morgan fingerprint density at radius 3 is 2.64 bits per heavy atom. The molecule has 1 heterocycles. The first-order valence-corrected chi connectivity index (χ1v) is 7.96. The molecule has 130 valence electrons. The molecule has 3 N–H and O–H groups in total. The highest BCUT2D eigenvalue weighted by atomic mass is 16.5. The van der Waals surface area contributed by atoms with Gasteiger partial charge in [0.15, 0.2) is 17.5 Å². The second-order valence-electron chi connectivity index (χ2n) is 5.46. The molecular formula is C19H21N3O3. The van der Waals surface area contributed by atoms with Crippen molar-refractivity contribution in [2.45, 2.75) is 6.42 Å². The highest BCUT2D eigenvalue weighted by Crippen LogP contribution is 2.29. The van der Waals surface area contributed by atoms with Gasteiger partial charge in [0, 0.05) is 30.1 Å². The predicted octanol–water partition coefficient (Wildman–Crippen LogP) is 3.42. The second kappa shape index (κ2) is 7.61. The largest absolute Gasteiger partial charge is 0.493 e. The predicted molar refractivity (Wildman–Crippen MR) is 99.6 cm³/mol. The Morgan fingerprint density at radius 2 is 1.88 bits per heavy atom. The third-order valence-corrected chi connectivity index (χ3v) is 3.77. The molecule has 0 saturated carbocycles. The van der Waals surface area contributed by atoms with Crippen LogP contribution in [0, 0.1) is 0 Å². The molecule has 1 aromatic heterocycles. The lowest BCUT2D eigenvalue weighted by Gasteiger charge is -2.10. The first-order chi connectivity index (χ1) is 12.2. The first-order valence-electron chi connectivity index (χ1n) is 7.96. The van der Waals surface area contributed by atoms with E-state index in [0.717, 1.165) is 22.4 Å². The number of nitrogens with zero attached hydrogens (tertiary/aromatic N) is 1. The molecule has 0 aliphatic rings. The number of rotatable bonds is 6. The summed E-state index contributed by atoms with van der Waals surface area (Å²) in [6.07, 6.45) is 0.684. The molecule has 3 rings (SSSR count). The molecule has 0 aliphatic heterocycles.